The molecule has 0 amide bonds. The van der Waals surface area contributed by atoms with Crippen LogP contribution in [0.4, 0.5) is 26.3 Å². The zero-order valence-corrected chi connectivity index (χ0v) is 23.3. The monoisotopic (exact) mass is 591 g/mol. The third kappa shape index (κ3) is 9.47. The van der Waals surface area contributed by atoms with Gasteiger partial charge in [-0.2, -0.15) is 26.3 Å². The van der Waals surface area contributed by atoms with Crippen LogP contribution in [-0.2, 0) is 23.8 Å². The Morgan fingerprint density at radius 2 is 1.73 bits per heavy atom. The Kier molecular flexibility index (Phi) is 12.4. The van der Waals surface area contributed by atoms with Gasteiger partial charge in [0.05, 0.1) is 23.1 Å². The number of likely N-dealkylation sites (N-methyl/N-ethyl adjacent to an activating group) is 1. The molecular formula is C27H31F6N3O3S. The molecule has 0 unspecified atom stereocenters. The summed E-state index contributed by atoms with van der Waals surface area (Å²) in [4.78, 5) is 18.3. The maximum absolute atomic E-state index is 13.5. The maximum Gasteiger partial charge on any atom is 0.416 e. The fourth-order valence-corrected chi connectivity index (χ4v) is 4.28. The first-order valence-corrected chi connectivity index (χ1v) is 13.1. The molecule has 40 heavy (non-hydrogen) atoms. The lowest BCUT2D eigenvalue weighted by Crippen LogP contribution is -2.35. The lowest BCUT2D eigenvalue weighted by atomic mass is 10.0. The number of hydrogen-bond donors (Lipinski definition) is 1. The van der Waals surface area contributed by atoms with Crippen LogP contribution in [0, 0.1) is 0 Å². The maximum atomic E-state index is 13.5. The van der Waals surface area contributed by atoms with Crippen molar-refractivity contribution in [3.63, 3.8) is 0 Å². The molecule has 0 radical (unpaired) electrons. The summed E-state index contributed by atoms with van der Waals surface area (Å²) >= 11 is 0.921. The molecule has 0 atom stereocenters. The van der Waals surface area contributed by atoms with Gasteiger partial charge in [0, 0.05) is 25.7 Å². The standard InChI is InChI=1S/C27H31F6N3O3S/c1-5-36(6-2)12-11-35-25(34-3)24(40-17-37)14-18-7-10-22(23(13-18)38-4)39-16-19-8-9-20(26(28,29)30)15-21(19)27(31,32)33/h7-10,13-15,17H,5-6,11-12,16H2,1-4H3,(H,34,35)/b24-14-. The van der Waals surface area contributed by atoms with Gasteiger partial charge in [0.2, 0.25) is 0 Å². The largest absolute Gasteiger partial charge is 0.493 e. The number of aliphatic imine (C=N–C) groups is 1. The molecule has 0 fully saturated rings. The van der Waals surface area contributed by atoms with E-state index in [0.717, 1.165) is 37.5 Å². The highest BCUT2D eigenvalue weighted by Gasteiger charge is 2.38. The summed E-state index contributed by atoms with van der Waals surface area (Å²) in [6, 6.07) is 6.01. The number of hydrogen-bond acceptors (Lipinski definition) is 6. The third-order valence-electron chi connectivity index (χ3n) is 5.86. The Morgan fingerprint density at radius 1 is 1.02 bits per heavy atom. The molecule has 13 heteroatoms. The third-order valence-corrected chi connectivity index (χ3v) is 6.52. The molecule has 0 bridgehead atoms. The van der Waals surface area contributed by atoms with Crippen molar-refractivity contribution >= 4 is 29.3 Å². The molecule has 0 aliphatic heterocycles. The van der Waals surface area contributed by atoms with Gasteiger partial charge in [-0.05, 0) is 49.0 Å². The van der Waals surface area contributed by atoms with E-state index in [-0.39, 0.29) is 17.6 Å². The minimum atomic E-state index is -5.01. The van der Waals surface area contributed by atoms with Gasteiger partial charge in [0.25, 0.3) is 0 Å². The Labute approximate surface area is 233 Å². The second kappa shape index (κ2) is 15.0. The van der Waals surface area contributed by atoms with E-state index in [2.05, 4.69) is 29.1 Å². The molecule has 0 spiro atoms. The quantitative estimate of drug-likeness (QED) is 0.124. The fourth-order valence-electron chi connectivity index (χ4n) is 3.70. The molecule has 1 N–H and O–H groups in total. The summed E-state index contributed by atoms with van der Waals surface area (Å²) in [6.45, 7) is 6.65. The number of thioether (sulfide) groups is 1. The molecule has 0 aliphatic rings. The lowest BCUT2D eigenvalue weighted by Gasteiger charge is -2.19. The van der Waals surface area contributed by atoms with Crippen LogP contribution in [-0.4, -0.2) is 56.7 Å². The molecule has 6 nitrogen and oxygen atoms in total. The number of rotatable bonds is 13. The molecule has 0 aliphatic carbocycles. The summed E-state index contributed by atoms with van der Waals surface area (Å²) in [5.41, 5.74) is -2.04. The van der Waals surface area contributed by atoms with Crippen molar-refractivity contribution < 1.29 is 40.6 Å². The van der Waals surface area contributed by atoms with Crippen molar-refractivity contribution in [1.29, 1.82) is 0 Å². The minimum Gasteiger partial charge on any atom is -0.493 e. The summed E-state index contributed by atoms with van der Waals surface area (Å²) in [5.74, 6) is 0.763. The van der Waals surface area contributed by atoms with Crippen LogP contribution in [0.2, 0.25) is 0 Å². The number of ether oxygens (including phenoxy) is 2. The zero-order chi connectivity index (χ0) is 29.9. The van der Waals surface area contributed by atoms with E-state index >= 15 is 0 Å². The summed E-state index contributed by atoms with van der Waals surface area (Å²) in [6.07, 6.45) is -8.24. The van der Waals surface area contributed by atoms with E-state index in [4.69, 9.17) is 9.47 Å². The molecule has 0 saturated carbocycles. The van der Waals surface area contributed by atoms with Gasteiger partial charge in [0.15, 0.2) is 17.1 Å². The van der Waals surface area contributed by atoms with Gasteiger partial charge in [-0.3, -0.25) is 9.79 Å². The SMILES string of the molecule is CCN(CC)CCNC(=NC)/C(=C/c1ccc(OCc2ccc(C(F)(F)F)cc2C(F)(F)F)c(OC)c1)SC=O. The highest BCUT2D eigenvalue weighted by molar-refractivity contribution is 8.16. The fraction of sp³-hybridized carbons (Fsp3) is 0.407. The van der Waals surface area contributed by atoms with Gasteiger partial charge in [0.1, 0.15) is 12.4 Å². The minimum absolute atomic E-state index is 0.0684. The van der Waals surface area contributed by atoms with Crippen molar-refractivity contribution in [3.8, 4) is 11.5 Å². The number of benzene rings is 2. The smallest absolute Gasteiger partial charge is 0.416 e. The first-order valence-electron chi connectivity index (χ1n) is 12.2. The lowest BCUT2D eigenvalue weighted by molar-refractivity contribution is -0.143. The van der Waals surface area contributed by atoms with E-state index in [9.17, 15) is 31.1 Å². The van der Waals surface area contributed by atoms with Crippen LogP contribution < -0.4 is 14.8 Å². The van der Waals surface area contributed by atoms with Gasteiger partial charge < -0.3 is 19.7 Å². The van der Waals surface area contributed by atoms with Crippen molar-refractivity contribution in [2.45, 2.75) is 32.8 Å². The number of methoxy groups -OCH3 is 1. The number of nitrogens with one attached hydrogen (secondary N) is 1. The van der Waals surface area contributed by atoms with E-state index in [0.29, 0.717) is 34.5 Å². The van der Waals surface area contributed by atoms with Gasteiger partial charge in [-0.15, -0.1) is 0 Å². The number of alkyl halides is 6. The predicted molar refractivity (Wildman–Crippen MR) is 145 cm³/mol. The Morgan fingerprint density at radius 3 is 2.27 bits per heavy atom. The van der Waals surface area contributed by atoms with Crippen LogP contribution in [0.3, 0.4) is 0 Å². The highest BCUT2D eigenvalue weighted by Crippen LogP contribution is 2.38. The van der Waals surface area contributed by atoms with Crippen LogP contribution in [0.25, 0.3) is 6.08 Å². The average Bonchev–Trinajstić information content (AvgIpc) is 2.91. The second-order valence-corrected chi connectivity index (χ2v) is 9.18. The van der Waals surface area contributed by atoms with Crippen molar-refractivity contribution in [2.75, 3.05) is 40.3 Å². The molecule has 2 aromatic carbocycles. The van der Waals surface area contributed by atoms with Gasteiger partial charge in [-0.25, -0.2) is 0 Å². The van der Waals surface area contributed by atoms with Crippen molar-refractivity contribution in [2.24, 2.45) is 4.99 Å². The van der Waals surface area contributed by atoms with Crippen molar-refractivity contribution in [3.05, 3.63) is 63.6 Å². The van der Waals surface area contributed by atoms with E-state index in [1.807, 2.05) is 0 Å². The summed E-state index contributed by atoms with van der Waals surface area (Å²) in [5, 5.41) is 3.22. The molecule has 2 rings (SSSR count). The molecule has 0 aromatic heterocycles. The first kappa shape index (κ1) is 33.0. The van der Waals surface area contributed by atoms with Gasteiger partial charge in [-0.1, -0.05) is 37.7 Å². The Balaban J connectivity index is 2.28. The normalized spacial score (nSPS) is 13.0. The Hall–Kier alpha value is -3.19. The van der Waals surface area contributed by atoms with Crippen LogP contribution >= 0.6 is 11.8 Å². The second-order valence-electron chi connectivity index (χ2n) is 8.31. The molecule has 0 saturated heterocycles. The van der Waals surface area contributed by atoms with E-state index < -0.39 is 35.6 Å². The number of halogens is 6. The first-order chi connectivity index (χ1) is 18.9. The molecular weight excluding hydrogens is 560 g/mol. The zero-order valence-electron chi connectivity index (χ0n) is 22.4. The molecule has 0 heterocycles. The summed E-state index contributed by atoms with van der Waals surface area (Å²) in [7, 11) is 2.93. The molecule has 2 aromatic rings. The van der Waals surface area contributed by atoms with E-state index in [1.165, 1.54) is 13.2 Å². The molecule has 220 valence electrons. The predicted octanol–water partition coefficient (Wildman–Crippen LogP) is 6.54. The topological polar surface area (TPSA) is 63.2 Å². The Bertz CT molecular complexity index is 1200. The van der Waals surface area contributed by atoms with Crippen LogP contribution in [0.1, 0.15) is 36.1 Å². The van der Waals surface area contributed by atoms with Gasteiger partial charge >= 0.3 is 12.4 Å². The number of carbonyl (C=O) groups is 1. The highest BCUT2D eigenvalue weighted by atomic mass is 32.2. The van der Waals surface area contributed by atoms with Crippen LogP contribution in [0.5, 0.6) is 11.5 Å². The summed E-state index contributed by atoms with van der Waals surface area (Å²) < 4.78 is 90.1. The average molecular weight is 592 g/mol. The van der Waals surface area contributed by atoms with Crippen molar-refractivity contribution in [1.82, 2.24) is 10.2 Å². The van der Waals surface area contributed by atoms with Crippen LogP contribution in [0.15, 0.2) is 46.3 Å². The van der Waals surface area contributed by atoms with E-state index in [1.54, 1.807) is 25.3 Å². The number of carbonyl (C=O) groups excluding carboxylic acids is 1. The number of nitrogens with zero attached hydrogens (tertiary/aromatic N) is 2. The number of amidine groups is 1.